The lowest BCUT2D eigenvalue weighted by atomic mass is 9.90. The summed E-state index contributed by atoms with van der Waals surface area (Å²) in [6.45, 7) is 2.42. The molecule has 1 amide bonds. The standard InChI is InChI=1S/C15H17ClINO3/c1-2-6-15(14(20)21)7-3-8-18(15)13(19)11-9-10(16)4-5-12(11)17/h4-5,9H,2-3,6-8H2,1H3,(H,20,21). The zero-order valence-electron chi connectivity index (χ0n) is 11.7. The number of carboxylic acids is 1. The Hall–Kier alpha value is -0.820. The van der Waals surface area contributed by atoms with Crippen LogP contribution in [0.25, 0.3) is 0 Å². The first-order valence-electron chi connectivity index (χ1n) is 6.93. The topological polar surface area (TPSA) is 57.6 Å². The van der Waals surface area contributed by atoms with Crippen molar-refractivity contribution >= 4 is 46.1 Å². The maximum absolute atomic E-state index is 12.8. The Labute approximate surface area is 142 Å². The molecule has 1 saturated heterocycles. The number of amides is 1. The molecule has 21 heavy (non-hydrogen) atoms. The van der Waals surface area contributed by atoms with Crippen molar-refractivity contribution in [1.82, 2.24) is 4.90 Å². The van der Waals surface area contributed by atoms with Crippen molar-refractivity contribution in [3.05, 3.63) is 32.4 Å². The molecule has 0 radical (unpaired) electrons. The number of likely N-dealkylation sites (tertiary alicyclic amines) is 1. The van der Waals surface area contributed by atoms with Gasteiger partial charge in [-0.25, -0.2) is 4.79 Å². The van der Waals surface area contributed by atoms with E-state index < -0.39 is 11.5 Å². The SMILES string of the molecule is CCCC1(C(=O)O)CCCN1C(=O)c1cc(Cl)ccc1I. The largest absolute Gasteiger partial charge is 0.479 e. The van der Waals surface area contributed by atoms with E-state index in [1.165, 1.54) is 4.90 Å². The predicted octanol–water partition coefficient (Wildman–Crippen LogP) is 3.80. The van der Waals surface area contributed by atoms with Crippen LogP contribution in [0.4, 0.5) is 0 Å². The second-order valence-electron chi connectivity index (χ2n) is 5.27. The lowest BCUT2D eigenvalue weighted by molar-refractivity contribution is -0.148. The molecule has 0 saturated carbocycles. The number of hydrogen-bond acceptors (Lipinski definition) is 2. The van der Waals surface area contributed by atoms with Gasteiger partial charge in [-0.3, -0.25) is 4.79 Å². The smallest absolute Gasteiger partial charge is 0.329 e. The van der Waals surface area contributed by atoms with Gasteiger partial charge in [0, 0.05) is 15.1 Å². The summed E-state index contributed by atoms with van der Waals surface area (Å²) in [5.41, 5.74) is -0.594. The van der Waals surface area contributed by atoms with Crippen molar-refractivity contribution in [3.63, 3.8) is 0 Å². The molecule has 0 aromatic heterocycles. The number of carbonyl (C=O) groups excluding carboxylic acids is 1. The molecule has 1 aliphatic heterocycles. The zero-order chi connectivity index (χ0) is 15.6. The summed E-state index contributed by atoms with van der Waals surface area (Å²) in [5.74, 6) is -1.15. The van der Waals surface area contributed by atoms with Gasteiger partial charge in [-0.05, 0) is 60.1 Å². The summed E-state index contributed by atoms with van der Waals surface area (Å²) in [6, 6.07) is 5.11. The maximum atomic E-state index is 12.8. The van der Waals surface area contributed by atoms with Crippen molar-refractivity contribution in [2.45, 2.75) is 38.1 Å². The average Bonchev–Trinajstić information content (AvgIpc) is 2.86. The molecular weight excluding hydrogens is 405 g/mol. The molecule has 1 aliphatic rings. The predicted molar refractivity (Wildman–Crippen MR) is 89.7 cm³/mol. The van der Waals surface area contributed by atoms with E-state index in [0.717, 1.165) is 16.4 Å². The van der Waals surface area contributed by atoms with E-state index in [1.807, 2.05) is 6.92 Å². The van der Waals surface area contributed by atoms with Crippen LogP contribution in [0.5, 0.6) is 0 Å². The fraction of sp³-hybridized carbons (Fsp3) is 0.467. The second kappa shape index (κ2) is 6.52. The quantitative estimate of drug-likeness (QED) is 0.752. The number of rotatable bonds is 4. The normalized spacial score (nSPS) is 21.6. The summed E-state index contributed by atoms with van der Waals surface area (Å²) in [4.78, 5) is 26.1. The Morgan fingerprint density at radius 2 is 2.19 bits per heavy atom. The van der Waals surface area contributed by atoms with E-state index in [0.29, 0.717) is 30.0 Å². The molecule has 6 heteroatoms. The third-order valence-corrected chi connectivity index (χ3v) is 5.13. The Kier molecular flexibility index (Phi) is 5.14. The van der Waals surface area contributed by atoms with Gasteiger partial charge in [-0.1, -0.05) is 24.9 Å². The van der Waals surface area contributed by atoms with E-state index in [-0.39, 0.29) is 5.91 Å². The monoisotopic (exact) mass is 421 g/mol. The van der Waals surface area contributed by atoms with Crippen LogP contribution in [0.2, 0.25) is 5.02 Å². The molecule has 1 fully saturated rings. The number of halogens is 2. The highest BCUT2D eigenvalue weighted by Crippen LogP contribution is 2.36. The molecule has 1 unspecified atom stereocenters. The molecule has 1 N–H and O–H groups in total. The lowest BCUT2D eigenvalue weighted by Gasteiger charge is -2.35. The summed E-state index contributed by atoms with van der Waals surface area (Å²) in [6.07, 6.45) is 2.43. The van der Waals surface area contributed by atoms with Gasteiger partial charge in [-0.2, -0.15) is 0 Å². The molecule has 0 aliphatic carbocycles. The molecule has 2 rings (SSSR count). The van der Waals surface area contributed by atoms with Crippen LogP contribution in [-0.2, 0) is 4.79 Å². The molecule has 1 heterocycles. The van der Waals surface area contributed by atoms with Crippen LogP contribution in [-0.4, -0.2) is 34.0 Å². The highest BCUT2D eigenvalue weighted by Gasteiger charge is 2.49. The Morgan fingerprint density at radius 1 is 1.48 bits per heavy atom. The fourth-order valence-corrected chi connectivity index (χ4v) is 3.72. The number of carbonyl (C=O) groups is 2. The zero-order valence-corrected chi connectivity index (χ0v) is 14.6. The van der Waals surface area contributed by atoms with Crippen LogP contribution < -0.4 is 0 Å². The van der Waals surface area contributed by atoms with Gasteiger partial charge in [0.1, 0.15) is 5.54 Å². The molecule has 0 bridgehead atoms. The first-order chi connectivity index (χ1) is 9.92. The second-order valence-corrected chi connectivity index (χ2v) is 6.87. The van der Waals surface area contributed by atoms with Crippen molar-refractivity contribution in [1.29, 1.82) is 0 Å². The van der Waals surface area contributed by atoms with E-state index in [2.05, 4.69) is 22.6 Å². The molecule has 4 nitrogen and oxygen atoms in total. The molecule has 114 valence electrons. The Morgan fingerprint density at radius 3 is 2.81 bits per heavy atom. The number of carboxylic acid groups (broad SMARTS) is 1. The average molecular weight is 422 g/mol. The highest BCUT2D eigenvalue weighted by atomic mass is 127. The third-order valence-electron chi connectivity index (χ3n) is 3.95. The van der Waals surface area contributed by atoms with Gasteiger partial charge < -0.3 is 10.0 Å². The van der Waals surface area contributed by atoms with Gasteiger partial charge in [0.05, 0.1) is 5.56 Å². The summed E-state index contributed by atoms with van der Waals surface area (Å²) in [5, 5.41) is 10.1. The number of nitrogens with zero attached hydrogens (tertiary/aromatic N) is 1. The van der Waals surface area contributed by atoms with Gasteiger partial charge in [0.2, 0.25) is 0 Å². The van der Waals surface area contributed by atoms with Crippen molar-refractivity contribution in [3.8, 4) is 0 Å². The van der Waals surface area contributed by atoms with E-state index in [4.69, 9.17) is 11.6 Å². The van der Waals surface area contributed by atoms with Crippen molar-refractivity contribution in [2.24, 2.45) is 0 Å². The van der Waals surface area contributed by atoms with E-state index in [1.54, 1.807) is 18.2 Å². The van der Waals surface area contributed by atoms with Crippen LogP contribution in [0.3, 0.4) is 0 Å². The molecule has 1 aromatic rings. The number of hydrogen-bond donors (Lipinski definition) is 1. The molecule has 1 atom stereocenters. The van der Waals surface area contributed by atoms with Gasteiger partial charge in [-0.15, -0.1) is 0 Å². The van der Waals surface area contributed by atoms with Crippen molar-refractivity contribution < 1.29 is 14.7 Å². The van der Waals surface area contributed by atoms with Crippen LogP contribution in [0.15, 0.2) is 18.2 Å². The van der Waals surface area contributed by atoms with Gasteiger partial charge >= 0.3 is 5.97 Å². The van der Waals surface area contributed by atoms with E-state index >= 15 is 0 Å². The Bertz CT molecular complexity index is 578. The minimum Gasteiger partial charge on any atom is -0.479 e. The lowest BCUT2D eigenvalue weighted by Crippen LogP contribution is -2.53. The summed E-state index contributed by atoms with van der Waals surface area (Å²) in [7, 11) is 0. The first-order valence-corrected chi connectivity index (χ1v) is 8.38. The number of aliphatic carboxylic acids is 1. The minimum absolute atomic E-state index is 0.241. The molecule has 1 aromatic carbocycles. The van der Waals surface area contributed by atoms with Gasteiger partial charge in [0.15, 0.2) is 0 Å². The highest BCUT2D eigenvalue weighted by molar-refractivity contribution is 14.1. The first kappa shape index (κ1) is 16.5. The summed E-state index contributed by atoms with van der Waals surface area (Å²) >= 11 is 8.05. The van der Waals surface area contributed by atoms with Crippen LogP contribution >= 0.6 is 34.2 Å². The number of benzene rings is 1. The molecular formula is C15H17ClINO3. The minimum atomic E-state index is -1.07. The van der Waals surface area contributed by atoms with Crippen molar-refractivity contribution in [2.75, 3.05) is 6.54 Å². The van der Waals surface area contributed by atoms with Crippen LogP contribution in [0.1, 0.15) is 43.0 Å². The third kappa shape index (κ3) is 3.04. The van der Waals surface area contributed by atoms with E-state index in [9.17, 15) is 14.7 Å². The molecule has 0 spiro atoms. The fourth-order valence-electron chi connectivity index (χ4n) is 2.98. The Balaban J connectivity index is 2.41. The van der Waals surface area contributed by atoms with Gasteiger partial charge in [0.25, 0.3) is 5.91 Å². The van der Waals surface area contributed by atoms with Crippen LogP contribution in [0, 0.1) is 3.57 Å². The maximum Gasteiger partial charge on any atom is 0.329 e. The summed E-state index contributed by atoms with van der Waals surface area (Å²) < 4.78 is 0.782.